The zero-order valence-corrected chi connectivity index (χ0v) is 14.3. The van der Waals surface area contributed by atoms with Gasteiger partial charge in [-0.2, -0.15) is 0 Å². The molecule has 2 fully saturated rings. The molecule has 0 radical (unpaired) electrons. The molecule has 0 bridgehead atoms. The zero-order chi connectivity index (χ0) is 16.5. The van der Waals surface area contributed by atoms with Crippen molar-refractivity contribution in [3.8, 4) is 5.75 Å². The molecule has 2 aliphatic rings. The van der Waals surface area contributed by atoms with Gasteiger partial charge in [0.25, 0.3) is 0 Å². The summed E-state index contributed by atoms with van der Waals surface area (Å²) >= 11 is 0. The molecule has 1 saturated carbocycles. The topological polar surface area (TPSA) is 38.5 Å². The van der Waals surface area contributed by atoms with Crippen LogP contribution in [0.3, 0.4) is 0 Å². The Balaban J connectivity index is 1.31. The molecule has 0 spiro atoms. The highest BCUT2D eigenvalue weighted by atomic mass is 16.5. The fourth-order valence-electron chi connectivity index (χ4n) is 3.22. The second-order valence-electron chi connectivity index (χ2n) is 7.31. The number of rotatable bonds is 6. The van der Waals surface area contributed by atoms with Gasteiger partial charge in [-0.05, 0) is 61.1 Å². The number of nitrogens with two attached hydrogens (primary N) is 1. The third-order valence-corrected chi connectivity index (χ3v) is 5.20. The molecule has 24 heavy (non-hydrogen) atoms. The number of hydrogen-bond donors (Lipinski definition) is 1. The van der Waals surface area contributed by atoms with Crippen molar-refractivity contribution in [3.63, 3.8) is 0 Å². The first kappa shape index (κ1) is 15.5. The molecule has 1 aliphatic heterocycles. The molecule has 4 rings (SSSR count). The van der Waals surface area contributed by atoms with E-state index in [2.05, 4.69) is 53.4 Å². The van der Waals surface area contributed by atoms with Gasteiger partial charge in [0.1, 0.15) is 5.75 Å². The zero-order valence-electron chi connectivity index (χ0n) is 14.3. The van der Waals surface area contributed by atoms with Crippen LogP contribution < -0.4 is 15.4 Å². The molecular formula is C21H26N2O. The molecular weight excluding hydrogens is 296 g/mol. The summed E-state index contributed by atoms with van der Waals surface area (Å²) in [5.74, 6) is 2.42. The maximum atomic E-state index is 5.92. The predicted molar refractivity (Wildman–Crippen MR) is 98.7 cm³/mol. The lowest BCUT2D eigenvalue weighted by Gasteiger charge is -2.41. The van der Waals surface area contributed by atoms with E-state index in [1.165, 1.54) is 29.7 Å². The van der Waals surface area contributed by atoms with Crippen LogP contribution in [-0.4, -0.2) is 19.7 Å². The van der Waals surface area contributed by atoms with Gasteiger partial charge in [0.2, 0.25) is 0 Å². The van der Waals surface area contributed by atoms with Gasteiger partial charge in [0, 0.05) is 30.7 Å². The van der Waals surface area contributed by atoms with Crippen LogP contribution in [0.2, 0.25) is 0 Å². The first-order valence-electron chi connectivity index (χ1n) is 9.02. The smallest absolute Gasteiger partial charge is 0.119 e. The highest BCUT2D eigenvalue weighted by Crippen LogP contribution is 2.33. The van der Waals surface area contributed by atoms with Crippen LogP contribution in [0, 0.1) is 5.92 Å². The van der Waals surface area contributed by atoms with Crippen LogP contribution in [-0.2, 0) is 0 Å². The number of anilines is 1. The van der Waals surface area contributed by atoms with Gasteiger partial charge in [-0.3, -0.25) is 0 Å². The molecule has 2 aromatic carbocycles. The molecule has 3 heteroatoms. The van der Waals surface area contributed by atoms with Gasteiger partial charge < -0.3 is 15.4 Å². The molecule has 2 aromatic rings. The normalized spacial score (nSPS) is 19.0. The Labute approximate surface area is 144 Å². The largest absolute Gasteiger partial charge is 0.493 e. The average molecular weight is 322 g/mol. The van der Waals surface area contributed by atoms with Gasteiger partial charge in [-0.15, -0.1) is 0 Å². The van der Waals surface area contributed by atoms with Crippen LogP contribution in [0.1, 0.15) is 42.9 Å². The summed E-state index contributed by atoms with van der Waals surface area (Å²) < 4.78 is 5.81. The van der Waals surface area contributed by atoms with Crippen molar-refractivity contribution in [1.29, 1.82) is 0 Å². The van der Waals surface area contributed by atoms with Crippen molar-refractivity contribution < 1.29 is 4.74 Å². The molecule has 0 unspecified atom stereocenters. The first-order valence-corrected chi connectivity index (χ1v) is 9.02. The summed E-state index contributed by atoms with van der Waals surface area (Å²) in [6, 6.07) is 17.5. The molecule has 1 atom stereocenters. The molecule has 1 aliphatic carbocycles. The monoisotopic (exact) mass is 322 g/mol. The van der Waals surface area contributed by atoms with Crippen LogP contribution >= 0.6 is 0 Å². The van der Waals surface area contributed by atoms with E-state index in [-0.39, 0.29) is 6.04 Å². The Morgan fingerprint density at radius 3 is 2.29 bits per heavy atom. The van der Waals surface area contributed by atoms with Crippen LogP contribution in [0.25, 0.3) is 0 Å². The summed E-state index contributed by atoms with van der Waals surface area (Å²) in [6.45, 7) is 5.07. The standard InChI is InChI=1S/C21H26N2O/c1-15(22)17-4-6-18(7-5-17)19-12-23(13-19)20-8-10-21(11-9-20)24-14-16-2-3-16/h4-11,15-16,19H,2-3,12-14,22H2,1H3/t15-/m0/s1. The number of hydrogen-bond acceptors (Lipinski definition) is 3. The third kappa shape index (κ3) is 3.41. The second kappa shape index (κ2) is 6.48. The minimum atomic E-state index is 0.109. The van der Waals surface area contributed by atoms with Gasteiger partial charge in [0.15, 0.2) is 0 Å². The molecule has 126 valence electrons. The van der Waals surface area contributed by atoms with Gasteiger partial charge in [0.05, 0.1) is 6.61 Å². The predicted octanol–water partition coefficient (Wildman–Crippen LogP) is 4.10. The first-order chi connectivity index (χ1) is 11.7. The summed E-state index contributed by atoms with van der Waals surface area (Å²) in [7, 11) is 0. The molecule has 1 heterocycles. The van der Waals surface area contributed by atoms with Gasteiger partial charge in [-0.25, -0.2) is 0 Å². The van der Waals surface area contributed by atoms with E-state index in [1.807, 2.05) is 6.92 Å². The van der Waals surface area contributed by atoms with E-state index in [0.717, 1.165) is 31.4 Å². The number of nitrogens with zero attached hydrogens (tertiary/aromatic N) is 1. The maximum absolute atomic E-state index is 5.92. The summed E-state index contributed by atoms with van der Waals surface area (Å²) in [5.41, 5.74) is 9.83. The third-order valence-electron chi connectivity index (χ3n) is 5.20. The quantitative estimate of drug-likeness (QED) is 0.870. The minimum absolute atomic E-state index is 0.109. The van der Waals surface area contributed by atoms with Gasteiger partial charge >= 0.3 is 0 Å². The maximum Gasteiger partial charge on any atom is 0.119 e. The van der Waals surface area contributed by atoms with Crippen molar-refractivity contribution in [2.45, 2.75) is 31.7 Å². The SMILES string of the molecule is C[C@H](N)c1ccc(C2CN(c3ccc(OCC4CC4)cc3)C2)cc1. The van der Waals surface area contributed by atoms with Crippen molar-refractivity contribution in [3.05, 3.63) is 59.7 Å². The van der Waals surface area contributed by atoms with E-state index in [4.69, 9.17) is 10.5 Å². The Morgan fingerprint density at radius 1 is 1.04 bits per heavy atom. The fraction of sp³-hybridized carbons (Fsp3) is 0.429. The molecule has 0 amide bonds. The number of benzene rings is 2. The van der Waals surface area contributed by atoms with E-state index in [1.54, 1.807) is 0 Å². The van der Waals surface area contributed by atoms with Crippen molar-refractivity contribution >= 4 is 5.69 Å². The molecule has 3 nitrogen and oxygen atoms in total. The van der Waals surface area contributed by atoms with E-state index in [9.17, 15) is 0 Å². The Kier molecular flexibility index (Phi) is 4.19. The highest BCUT2D eigenvalue weighted by molar-refractivity contribution is 5.53. The van der Waals surface area contributed by atoms with Gasteiger partial charge in [-0.1, -0.05) is 24.3 Å². The van der Waals surface area contributed by atoms with Crippen molar-refractivity contribution in [2.24, 2.45) is 11.7 Å². The van der Waals surface area contributed by atoms with Crippen molar-refractivity contribution in [1.82, 2.24) is 0 Å². The Morgan fingerprint density at radius 2 is 1.71 bits per heavy atom. The number of ether oxygens (including phenoxy) is 1. The highest BCUT2D eigenvalue weighted by Gasteiger charge is 2.28. The lowest BCUT2D eigenvalue weighted by molar-refractivity contribution is 0.300. The fourth-order valence-corrected chi connectivity index (χ4v) is 3.22. The second-order valence-corrected chi connectivity index (χ2v) is 7.31. The summed E-state index contributed by atoms with van der Waals surface area (Å²) in [5, 5.41) is 0. The molecule has 0 aromatic heterocycles. The lowest BCUT2D eigenvalue weighted by atomic mass is 9.90. The van der Waals surface area contributed by atoms with Crippen LogP contribution in [0.15, 0.2) is 48.5 Å². The minimum Gasteiger partial charge on any atom is -0.493 e. The Hall–Kier alpha value is -2.00. The van der Waals surface area contributed by atoms with E-state index >= 15 is 0 Å². The lowest BCUT2D eigenvalue weighted by Crippen LogP contribution is -2.45. The Bertz CT molecular complexity index is 668. The summed E-state index contributed by atoms with van der Waals surface area (Å²) in [4.78, 5) is 2.43. The van der Waals surface area contributed by atoms with Crippen LogP contribution in [0.4, 0.5) is 5.69 Å². The molecule has 1 saturated heterocycles. The van der Waals surface area contributed by atoms with Crippen molar-refractivity contribution in [2.75, 3.05) is 24.6 Å². The summed E-state index contributed by atoms with van der Waals surface area (Å²) in [6.07, 6.45) is 2.66. The average Bonchev–Trinajstić information content (AvgIpc) is 3.37. The van der Waals surface area contributed by atoms with Crippen LogP contribution in [0.5, 0.6) is 5.75 Å². The molecule has 2 N–H and O–H groups in total. The van der Waals surface area contributed by atoms with E-state index in [0.29, 0.717) is 5.92 Å². The van der Waals surface area contributed by atoms with E-state index < -0.39 is 0 Å².